The number of hydrogen-bond donors (Lipinski definition) is 2. The van der Waals surface area contributed by atoms with Crippen molar-refractivity contribution >= 4 is 0 Å². The molecule has 1 fully saturated rings. The maximum atomic E-state index is 13.3. The highest BCUT2D eigenvalue weighted by Gasteiger charge is 2.27. The standard InChI is InChI=1S/C16H23F2NO/c1-10(2)12-5-3-4-6-15(12)19-9-11-7-13(17)16(20)14(18)8-11/h7-8,10,12,15,19-20H,3-6,9H2,1-2H3. The molecule has 20 heavy (non-hydrogen) atoms. The highest BCUT2D eigenvalue weighted by molar-refractivity contribution is 5.30. The van der Waals surface area contributed by atoms with Crippen molar-refractivity contribution in [3.8, 4) is 5.75 Å². The number of hydrogen-bond acceptors (Lipinski definition) is 2. The van der Waals surface area contributed by atoms with Gasteiger partial charge in [0.25, 0.3) is 0 Å². The summed E-state index contributed by atoms with van der Waals surface area (Å²) in [6, 6.07) is 2.79. The van der Waals surface area contributed by atoms with E-state index < -0.39 is 17.4 Å². The van der Waals surface area contributed by atoms with Crippen molar-refractivity contribution in [2.45, 2.75) is 52.1 Å². The van der Waals surface area contributed by atoms with Crippen LogP contribution in [0.5, 0.6) is 5.75 Å². The minimum atomic E-state index is -0.897. The van der Waals surface area contributed by atoms with Crippen molar-refractivity contribution in [3.05, 3.63) is 29.3 Å². The van der Waals surface area contributed by atoms with Gasteiger partial charge < -0.3 is 10.4 Å². The highest BCUT2D eigenvalue weighted by Crippen LogP contribution is 2.30. The van der Waals surface area contributed by atoms with Gasteiger partial charge in [-0.25, -0.2) is 8.78 Å². The summed E-state index contributed by atoms with van der Waals surface area (Å²) in [6.45, 7) is 4.89. The smallest absolute Gasteiger partial charge is 0.187 e. The van der Waals surface area contributed by atoms with Gasteiger partial charge in [-0.2, -0.15) is 0 Å². The third kappa shape index (κ3) is 3.48. The molecule has 1 saturated carbocycles. The SMILES string of the molecule is CC(C)C1CCCCC1NCc1cc(F)c(O)c(F)c1. The molecule has 0 saturated heterocycles. The third-order valence-electron chi connectivity index (χ3n) is 4.32. The summed E-state index contributed by atoms with van der Waals surface area (Å²) in [6.07, 6.45) is 4.81. The first kappa shape index (κ1) is 15.2. The van der Waals surface area contributed by atoms with Crippen molar-refractivity contribution in [3.63, 3.8) is 0 Å². The van der Waals surface area contributed by atoms with E-state index in [9.17, 15) is 8.78 Å². The number of phenolic OH excluding ortho intramolecular Hbond substituents is 1. The normalized spacial score (nSPS) is 23.2. The zero-order chi connectivity index (χ0) is 14.7. The Morgan fingerprint density at radius 1 is 1.20 bits per heavy atom. The first-order chi connectivity index (χ1) is 9.49. The molecule has 2 atom stereocenters. The van der Waals surface area contributed by atoms with Crippen LogP contribution < -0.4 is 5.32 Å². The van der Waals surface area contributed by atoms with Gasteiger partial charge in [-0.05, 0) is 42.4 Å². The van der Waals surface area contributed by atoms with Crippen LogP contribution in [0.1, 0.15) is 45.1 Å². The van der Waals surface area contributed by atoms with Crippen LogP contribution in [-0.4, -0.2) is 11.1 Å². The molecule has 0 aliphatic heterocycles. The molecule has 2 rings (SSSR count). The molecule has 0 bridgehead atoms. The lowest BCUT2D eigenvalue weighted by Gasteiger charge is -2.35. The van der Waals surface area contributed by atoms with Gasteiger partial charge in [-0.15, -0.1) is 0 Å². The molecule has 0 aromatic heterocycles. The number of nitrogens with one attached hydrogen (secondary N) is 1. The summed E-state index contributed by atoms with van der Waals surface area (Å²) >= 11 is 0. The fourth-order valence-corrected chi connectivity index (χ4v) is 3.18. The lowest BCUT2D eigenvalue weighted by Crippen LogP contribution is -2.40. The fourth-order valence-electron chi connectivity index (χ4n) is 3.18. The molecule has 0 heterocycles. The molecule has 1 aliphatic carbocycles. The minimum absolute atomic E-state index is 0.406. The molecule has 1 aromatic carbocycles. The molecule has 0 spiro atoms. The summed E-state index contributed by atoms with van der Waals surface area (Å²) in [7, 11) is 0. The molecule has 4 heteroatoms. The third-order valence-corrected chi connectivity index (χ3v) is 4.32. The van der Waals surface area contributed by atoms with Crippen molar-refractivity contribution in [1.82, 2.24) is 5.32 Å². The molecule has 0 amide bonds. The van der Waals surface area contributed by atoms with Crippen LogP contribution in [0.25, 0.3) is 0 Å². The lowest BCUT2D eigenvalue weighted by atomic mass is 9.78. The van der Waals surface area contributed by atoms with E-state index in [4.69, 9.17) is 5.11 Å². The molecule has 2 N–H and O–H groups in total. The van der Waals surface area contributed by atoms with Gasteiger partial charge in [-0.3, -0.25) is 0 Å². The molecule has 2 nitrogen and oxygen atoms in total. The van der Waals surface area contributed by atoms with Gasteiger partial charge in [0, 0.05) is 12.6 Å². The van der Waals surface area contributed by atoms with Crippen LogP contribution in [0.3, 0.4) is 0 Å². The van der Waals surface area contributed by atoms with Crippen molar-refractivity contribution in [1.29, 1.82) is 0 Å². The Labute approximate surface area is 119 Å². The first-order valence-corrected chi connectivity index (χ1v) is 7.39. The van der Waals surface area contributed by atoms with E-state index in [1.807, 2.05) is 0 Å². The lowest BCUT2D eigenvalue weighted by molar-refractivity contribution is 0.204. The minimum Gasteiger partial charge on any atom is -0.503 e. The highest BCUT2D eigenvalue weighted by atomic mass is 19.1. The van der Waals surface area contributed by atoms with E-state index in [1.165, 1.54) is 31.4 Å². The van der Waals surface area contributed by atoms with Crippen molar-refractivity contribution in [2.75, 3.05) is 0 Å². The average molecular weight is 283 g/mol. The molecule has 2 unspecified atom stereocenters. The van der Waals surface area contributed by atoms with Gasteiger partial charge in [0.2, 0.25) is 0 Å². The predicted octanol–water partition coefficient (Wildman–Crippen LogP) is 3.97. The summed E-state index contributed by atoms with van der Waals surface area (Å²) in [5.41, 5.74) is 0.533. The topological polar surface area (TPSA) is 32.3 Å². The average Bonchev–Trinajstić information content (AvgIpc) is 2.42. The van der Waals surface area contributed by atoms with E-state index in [1.54, 1.807) is 0 Å². The van der Waals surface area contributed by atoms with Crippen molar-refractivity contribution < 1.29 is 13.9 Å². The Morgan fingerprint density at radius 3 is 2.40 bits per heavy atom. The van der Waals surface area contributed by atoms with Crippen LogP contribution in [0.4, 0.5) is 8.78 Å². The van der Waals surface area contributed by atoms with Crippen LogP contribution in [0.15, 0.2) is 12.1 Å². The molecule has 1 aliphatic rings. The zero-order valence-corrected chi connectivity index (χ0v) is 12.1. The summed E-state index contributed by atoms with van der Waals surface area (Å²) in [5, 5.41) is 12.5. The van der Waals surface area contributed by atoms with Gasteiger partial charge >= 0.3 is 0 Å². The second-order valence-corrected chi connectivity index (χ2v) is 6.09. The van der Waals surface area contributed by atoms with Crippen LogP contribution in [0, 0.1) is 23.5 Å². The largest absolute Gasteiger partial charge is 0.503 e. The maximum absolute atomic E-state index is 13.3. The molecular formula is C16H23F2NO. The van der Waals surface area contributed by atoms with E-state index in [-0.39, 0.29) is 0 Å². The second kappa shape index (κ2) is 6.53. The Kier molecular flexibility index (Phi) is 4.97. The second-order valence-electron chi connectivity index (χ2n) is 6.09. The number of phenols is 1. The Balaban J connectivity index is 2.00. The molecule has 112 valence electrons. The van der Waals surface area contributed by atoms with Crippen LogP contribution in [-0.2, 0) is 6.54 Å². The van der Waals surface area contributed by atoms with Gasteiger partial charge in [0.05, 0.1) is 0 Å². The molecule has 0 radical (unpaired) electrons. The predicted molar refractivity (Wildman–Crippen MR) is 75.4 cm³/mol. The zero-order valence-electron chi connectivity index (χ0n) is 12.1. The van der Waals surface area contributed by atoms with Gasteiger partial charge in [-0.1, -0.05) is 26.7 Å². The number of aromatic hydroxyl groups is 1. The number of halogens is 2. The van der Waals surface area contributed by atoms with Crippen LogP contribution >= 0.6 is 0 Å². The van der Waals surface area contributed by atoms with E-state index >= 15 is 0 Å². The monoisotopic (exact) mass is 283 g/mol. The van der Waals surface area contributed by atoms with E-state index in [2.05, 4.69) is 19.2 Å². The Morgan fingerprint density at radius 2 is 1.80 bits per heavy atom. The Bertz CT molecular complexity index is 439. The number of benzene rings is 1. The van der Waals surface area contributed by atoms with Crippen molar-refractivity contribution in [2.24, 2.45) is 11.8 Å². The summed E-state index contributed by atoms with van der Waals surface area (Å²) < 4.78 is 26.6. The van der Waals surface area contributed by atoms with Gasteiger partial charge in [0.15, 0.2) is 17.4 Å². The first-order valence-electron chi connectivity index (χ1n) is 7.39. The molecule has 1 aromatic rings. The number of rotatable bonds is 4. The fraction of sp³-hybridized carbons (Fsp3) is 0.625. The Hall–Kier alpha value is -1.16. The van der Waals surface area contributed by atoms with Crippen LogP contribution in [0.2, 0.25) is 0 Å². The summed E-state index contributed by atoms with van der Waals surface area (Å²) in [4.78, 5) is 0. The quantitative estimate of drug-likeness (QED) is 0.876. The van der Waals surface area contributed by atoms with Gasteiger partial charge in [0.1, 0.15) is 0 Å². The maximum Gasteiger partial charge on any atom is 0.187 e. The summed E-state index contributed by atoms with van der Waals surface area (Å²) in [5.74, 6) is -1.46. The van der Waals surface area contributed by atoms with E-state index in [0.717, 1.165) is 6.42 Å². The van der Waals surface area contributed by atoms with E-state index in [0.29, 0.717) is 30.0 Å². The molecular weight excluding hydrogens is 260 g/mol.